The number of nitrogens with zero attached hydrogens (tertiary/aromatic N) is 1. The molecule has 1 aromatic rings. The number of carbonyl (C=O) groups is 1. The molecule has 0 aromatic heterocycles. The molecule has 0 spiro atoms. The van der Waals surface area contributed by atoms with Crippen LogP contribution in [0.4, 0.5) is 0 Å². The van der Waals surface area contributed by atoms with Crippen molar-refractivity contribution < 1.29 is 9.53 Å². The molecule has 1 amide bonds. The molecule has 0 bridgehead atoms. The second-order valence-electron chi connectivity index (χ2n) is 3.23. The topological polar surface area (TPSA) is 62.1 Å². The molecule has 16 heavy (non-hydrogen) atoms. The number of carbonyl (C=O) groups excluding carboxylic acids is 1. The van der Waals surface area contributed by atoms with Gasteiger partial charge in [-0.25, -0.2) is 0 Å². The van der Waals surface area contributed by atoms with Crippen LogP contribution in [0.2, 0.25) is 0 Å². The maximum absolute atomic E-state index is 11.2. The summed E-state index contributed by atoms with van der Waals surface area (Å²) in [5, 5.41) is 11.4. The average Bonchev–Trinajstić information content (AvgIpc) is 2.34. The monoisotopic (exact) mass is 218 g/mol. The SMILES string of the molecule is CCOCC(=O)NCc1cccc(C#N)c1. The van der Waals surface area contributed by atoms with Gasteiger partial charge in [-0.2, -0.15) is 5.26 Å². The molecule has 0 fully saturated rings. The van der Waals surface area contributed by atoms with Gasteiger partial charge in [-0.3, -0.25) is 4.79 Å². The lowest BCUT2D eigenvalue weighted by Crippen LogP contribution is -2.27. The number of hydrogen-bond acceptors (Lipinski definition) is 3. The maximum Gasteiger partial charge on any atom is 0.246 e. The Balaban J connectivity index is 2.42. The van der Waals surface area contributed by atoms with Crippen LogP contribution in [0.15, 0.2) is 24.3 Å². The number of nitrogens with one attached hydrogen (secondary N) is 1. The van der Waals surface area contributed by atoms with Crippen LogP contribution in [0.5, 0.6) is 0 Å². The fourth-order valence-corrected chi connectivity index (χ4v) is 1.20. The number of hydrogen-bond donors (Lipinski definition) is 1. The molecule has 1 N–H and O–H groups in total. The summed E-state index contributed by atoms with van der Waals surface area (Å²) >= 11 is 0. The normalized spacial score (nSPS) is 9.50. The van der Waals surface area contributed by atoms with Crippen molar-refractivity contribution in [3.8, 4) is 6.07 Å². The van der Waals surface area contributed by atoms with Crippen LogP contribution < -0.4 is 5.32 Å². The van der Waals surface area contributed by atoms with E-state index >= 15 is 0 Å². The Hall–Kier alpha value is -1.86. The molecule has 0 saturated heterocycles. The van der Waals surface area contributed by atoms with E-state index in [1.165, 1.54) is 0 Å². The van der Waals surface area contributed by atoms with Crippen molar-refractivity contribution in [3.05, 3.63) is 35.4 Å². The summed E-state index contributed by atoms with van der Waals surface area (Å²) in [6.07, 6.45) is 0. The third-order valence-corrected chi connectivity index (χ3v) is 1.98. The Morgan fingerprint density at radius 3 is 3.06 bits per heavy atom. The van der Waals surface area contributed by atoms with Crippen LogP contribution >= 0.6 is 0 Å². The van der Waals surface area contributed by atoms with Crippen molar-refractivity contribution in [1.29, 1.82) is 5.26 Å². The molecule has 0 aliphatic rings. The van der Waals surface area contributed by atoms with Gasteiger partial charge in [-0.1, -0.05) is 12.1 Å². The molecule has 0 radical (unpaired) electrons. The van der Waals surface area contributed by atoms with Crippen molar-refractivity contribution in [2.75, 3.05) is 13.2 Å². The lowest BCUT2D eigenvalue weighted by Gasteiger charge is -2.05. The Bertz CT molecular complexity index is 396. The minimum Gasteiger partial charge on any atom is -0.372 e. The van der Waals surface area contributed by atoms with Gasteiger partial charge in [0.25, 0.3) is 0 Å². The van der Waals surface area contributed by atoms with Gasteiger partial charge >= 0.3 is 0 Å². The molecule has 0 saturated carbocycles. The Kier molecular flexibility index (Phi) is 5.03. The number of nitriles is 1. The van der Waals surface area contributed by atoms with Crippen LogP contribution in [-0.2, 0) is 16.1 Å². The minimum atomic E-state index is -0.149. The molecule has 0 unspecified atom stereocenters. The Morgan fingerprint density at radius 2 is 2.38 bits per heavy atom. The molecule has 0 atom stereocenters. The fourth-order valence-electron chi connectivity index (χ4n) is 1.20. The van der Waals surface area contributed by atoms with Gasteiger partial charge in [0, 0.05) is 13.2 Å². The second kappa shape index (κ2) is 6.59. The highest BCUT2D eigenvalue weighted by molar-refractivity contribution is 5.77. The summed E-state index contributed by atoms with van der Waals surface area (Å²) in [6, 6.07) is 9.19. The third kappa shape index (κ3) is 4.11. The van der Waals surface area contributed by atoms with Crippen LogP contribution in [0.25, 0.3) is 0 Å². The zero-order valence-corrected chi connectivity index (χ0v) is 9.19. The predicted octanol–water partition coefficient (Wildman–Crippen LogP) is 1.21. The van der Waals surface area contributed by atoms with E-state index in [4.69, 9.17) is 10.00 Å². The van der Waals surface area contributed by atoms with Crippen molar-refractivity contribution in [1.82, 2.24) is 5.32 Å². The number of amides is 1. The first-order valence-electron chi connectivity index (χ1n) is 5.09. The molecular formula is C12H14N2O2. The zero-order valence-electron chi connectivity index (χ0n) is 9.19. The maximum atomic E-state index is 11.2. The molecule has 4 nitrogen and oxygen atoms in total. The first-order valence-corrected chi connectivity index (χ1v) is 5.09. The molecule has 1 aromatic carbocycles. The fraction of sp³-hybridized carbons (Fsp3) is 0.333. The van der Waals surface area contributed by atoms with Crippen molar-refractivity contribution in [2.45, 2.75) is 13.5 Å². The van der Waals surface area contributed by atoms with E-state index in [1.54, 1.807) is 18.2 Å². The molecule has 1 rings (SSSR count). The molecule has 0 heterocycles. The number of ether oxygens (including phenoxy) is 1. The first kappa shape index (κ1) is 12.2. The highest BCUT2D eigenvalue weighted by atomic mass is 16.5. The first-order chi connectivity index (χ1) is 7.76. The van der Waals surface area contributed by atoms with E-state index in [9.17, 15) is 4.79 Å². The van der Waals surface area contributed by atoms with Crippen LogP contribution in [0.3, 0.4) is 0 Å². The number of rotatable bonds is 5. The summed E-state index contributed by atoms with van der Waals surface area (Å²) in [6.45, 7) is 2.86. The summed E-state index contributed by atoms with van der Waals surface area (Å²) in [5.74, 6) is -0.149. The zero-order chi connectivity index (χ0) is 11.8. The van der Waals surface area contributed by atoms with E-state index in [2.05, 4.69) is 11.4 Å². The lowest BCUT2D eigenvalue weighted by molar-refractivity contribution is -0.125. The van der Waals surface area contributed by atoms with Crippen LogP contribution in [-0.4, -0.2) is 19.1 Å². The Labute approximate surface area is 94.8 Å². The summed E-state index contributed by atoms with van der Waals surface area (Å²) in [5.41, 5.74) is 1.50. The van der Waals surface area contributed by atoms with E-state index in [-0.39, 0.29) is 12.5 Å². The Morgan fingerprint density at radius 1 is 1.56 bits per heavy atom. The minimum absolute atomic E-state index is 0.0778. The van der Waals surface area contributed by atoms with Crippen LogP contribution in [0, 0.1) is 11.3 Å². The summed E-state index contributed by atoms with van der Waals surface area (Å²) in [7, 11) is 0. The molecule has 84 valence electrons. The van der Waals surface area contributed by atoms with Gasteiger partial charge in [0.05, 0.1) is 11.6 Å². The van der Waals surface area contributed by atoms with Crippen LogP contribution in [0.1, 0.15) is 18.1 Å². The molecule has 0 aliphatic carbocycles. The average molecular weight is 218 g/mol. The standard InChI is InChI=1S/C12H14N2O2/c1-2-16-9-12(15)14-8-11-5-3-4-10(6-11)7-13/h3-6H,2,8-9H2,1H3,(H,14,15). The smallest absolute Gasteiger partial charge is 0.246 e. The van der Waals surface area contributed by atoms with E-state index in [0.717, 1.165) is 5.56 Å². The van der Waals surface area contributed by atoms with E-state index < -0.39 is 0 Å². The number of benzene rings is 1. The third-order valence-electron chi connectivity index (χ3n) is 1.98. The largest absolute Gasteiger partial charge is 0.372 e. The summed E-state index contributed by atoms with van der Waals surface area (Å²) < 4.78 is 4.96. The molecule has 0 aliphatic heterocycles. The van der Waals surface area contributed by atoms with Crippen molar-refractivity contribution in [3.63, 3.8) is 0 Å². The van der Waals surface area contributed by atoms with Crippen molar-refractivity contribution >= 4 is 5.91 Å². The molecular weight excluding hydrogens is 204 g/mol. The van der Waals surface area contributed by atoms with E-state index in [1.807, 2.05) is 13.0 Å². The lowest BCUT2D eigenvalue weighted by atomic mass is 10.1. The highest BCUT2D eigenvalue weighted by Crippen LogP contribution is 2.03. The highest BCUT2D eigenvalue weighted by Gasteiger charge is 2.01. The van der Waals surface area contributed by atoms with Gasteiger partial charge < -0.3 is 10.1 Å². The van der Waals surface area contributed by atoms with Gasteiger partial charge in [0.2, 0.25) is 5.91 Å². The van der Waals surface area contributed by atoms with Gasteiger partial charge in [-0.05, 0) is 24.6 Å². The summed E-state index contributed by atoms with van der Waals surface area (Å²) in [4.78, 5) is 11.2. The predicted molar refractivity (Wildman–Crippen MR) is 59.5 cm³/mol. The quantitative estimate of drug-likeness (QED) is 0.808. The molecule has 4 heteroatoms. The van der Waals surface area contributed by atoms with Gasteiger partial charge in [-0.15, -0.1) is 0 Å². The second-order valence-corrected chi connectivity index (χ2v) is 3.23. The van der Waals surface area contributed by atoms with Gasteiger partial charge in [0.1, 0.15) is 6.61 Å². The van der Waals surface area contributed by atoms with E-state index in [0.29, 0.717) is 18.7 Å². The van der Waals surface area contributed by atoms with Crippen molar-refractivity contribution in [2.24, 2.45) is 0 Å². The van der Waals surface area contributed by atoms with Gasteiger partial charge in [0.15, 0.2) is 0 Å².